The number of ether oxygens (including phenoxy) is 1. The maximum absolute atomic E-state index is 13.2. The number of hydrazone groups is 1. The van der Waals surface area contributed by atoms with Crippen LogP contribution >= 0.6 is 0 Å². The normalized spacial score (nSPS) is 15.5. The van der Waals surface area contributed by atoms with Gasteiger partial charge in [0.1, 0.15) is 11.6 Å². The molecule has 1 aliphatic rings. The molecule has 0 radical (unpaired) electrons. The Labute approximate surface area is 200 Å². The number of carbonyl (C=O) groups excluding carboxylic acids is 2. The van der Waals surface area contributed by atoms with E-state index in [4.69, 9.17) is 9.26 Å². The average Bonchev–Trinajstić information content (AvgIpc) is 3.48. The molecule has 11 heteroatoms. The number of anilines is 1. The van der Waals surface area contributed by atoms with Gasteiger partial charge in [-0.2, -0.15) is 5.10 Å². The molecular weight excluding hydrogens is 454 g/mol. The Kier molecular flexibility index (Phi) is 6.32. The van der Waals surface area contributed by atoms with Crippen LogP contribution in [0, 0.1) is 10.1 Å². The van der Waals surface area contributed by atoms with Crippen molar-refractivity contribution in [2.45, 2.75) is 38.8 Å². The predicted octanol–water partition coefficient (Wildman–Crippen LogP) is 4.92. The van der Waals surface area contributed by atoms with E-state index < -0.39 is 28.6 Å². The Morgan fingerprint density at radius 2 is 1.80 bits per heavy atom. The fraction of sp³-hybridized carbons (Fsp3) is 0.250. The Morgan fingerprint density at radius 1 is 1.11 bits per heavy atom. The summed E-state index contributed by atoms with van der Waals surface area (Å²) >= 11 is 0. The van der Waals surface area contributed by atoms with Crippen molar-refractivity contribution in [2.75, 3.05) is 5.32 Å². The quantitative estimate of drug-likeness (QED) is 0.406. The van der Waals surface area contributed by atoms with Gasteiger partial charge in [-0.15, -0.1) is 0 Å². The van der Waals surface area contributed by atoms with Crippen LogP contribution in [0.3, 0.4) is 0 Å². The van der Waals surface area contributed by atoms with Crippen molar-refractivity contribution in [3.05, 3.63) is 87.8 Å². The SMILES string of the molecule is CC(C)(C)OC(=O)Nc1ccc(C2=NN(C(=O)c3ccc([N+](=O)[O-])cc3)C(c3ccno3)C2)cc1. The first-order chi connectivity index (χ1) is 16.6. The molecule has 0 bridgehead atoms. The largest absolute Gasteiger partial charge is 0.444 e. The summed E-state index contributed by atoms with van der Waals surface area (Å²) < 4.78 is 10.6. The van der Waals surface area contributed by atoms with Gasteiger partial charge < -0.3 is 9.26 Å². The van der Waals surface area contributed by atoms with Gasteiger partial charge in [0.2, 0.25) is 0 Å². The number of rotatable bonds is 5. The number of nitro benzene ring substituents is 1. The molecule has 1 aromatic heterocycles. The highest BCUT2D eigenvalue weighted by Crippen LogP contribution is 2.34. The third-order valence-corrected chi connectivity index (χ3v) is 5.09. The molecule has 0 saturated heterocycles. The number of nitrogens with zero attached hydrogens (tertiary/aromatic N) is 4. The van der Waals surface area contributed by atoms with Crippen LogP contribution in [-0.4, -0.2) is 38.4 Å². The van der Waals surface area contributed by atoms with Gasteiger partial charge in [0.05, 0.1) is 16.8 Å². The van der Waals surface area contributed by atoms with Crippen molar-refractivity contribution >= 4 is 29.1 Å². The van der Waals surface area contributed by atoms with Gasteiger partial charge >= 0.3 is 6.09 Å². The number of aromatic nitrogens is 1. The number of hydrogen-bond donors (Lipinski definition) is 1. The van der Waals surface area contributed by atoms with Crippen LogP contribution < -0.4 is 5.32 Å². The lowest BCUT2D eigenvalue weighted by Crippen LogP contribution is -2.27. The molecule has 0 aliphatic carbocycles. The highest BCUT2D eigenvalue weighted by atomic mass is 16.6. The summed E-state index contributed by atoms with van der Waals surface area (Å²) in [6.07, 6.45) is 1.29. The summed E-state index contributed by atoms with van der Waals surface area (Å²) in [5, 5.41) is 23.2. The maximum Gasteiger partial charge on any atom is 0.412 e. The van der Waals surface area contributed by atoms with Gasteiger partial charge in [0.25, 0.3) is 11.6 Å². The average molecular weight is 477 g/mol. The van der Waals surface area contributed by atoms with Crippen LogP contribution in [0.1, 0.15) is 54.9 Å². The fourth-order valence-electron chi connectivity index (χ4n) is 3.52. The van der Waals surface area contributed by atoms with E-state index in [0.29, 0.717) is 23.6 Å². The van der Waals surface area contributed by atoms with E-state index in [1.54, 1.807) is 51.1 Å². The minimum Gasteiger partial charge on any atom is -0.444 e. The van der Waals surface area contributed by atoms with Crippen LogP contribution in [0.5, 0.6) is 0 Å². The number of nitrogens with one attached hydrogen (secondary N) is 1. The molecule has 35 heavy (non-hydrogen) atoms. The van der Waals surface area contributed by atoms with E-state index in [1.165, 1.54) is 35.5 Å². The number of non-ortho nitro benzene ring substituents is 1. The Balaban J connectivity index is 1.56. The van der Waals surface area contributed by atoms with Crippen molar-refractivity contribution in [1.29, 1.82) is 0 Å². The molecule has 0 spiro atoms. The van der Waals surface area contributed by atoms with Gasteiger partial charge in [0, 0.05) is 35.9 Å². The minimum absolute atomic E-state index is 0.112. The first-order valence-corrected chi connectivity index (χ1v) is 10.8. The van der Waals surface area contributed by atoms with Gasteiger partial charge in [-0.3, -0.25) is 20.2 Å². The van der Waals surface area contributed by atoms with Crippen molar-refractivity contribution < 1.29 is 23.8 Å². The molecule has 2 aromatic carbocycles. The highest BCUT2D eigenvalue weighted by Gasteiger charge is 2.36. The molecule has 1 aliphatic heterocycles. The standard InChI is InChI=1S/C24H23N5O6/c1-24(2,3)34-23(31)26-17-8-4-15(5-9-17)19-14-20(21-12-13-25-35-21)28(27-19)22(30)16-6-10-18(11-7-16)29(32)33/h4-13,20H,14H2,1-3H3,(H,26,31). The molecule has 0 fully saturated rings. The molecule has 11 nitrogen and oxygen atoms in total. The minimum atomic E-state index is -0.613. The molecule has 1 atom stereocenters. The van der Waals surface area contributed by atoms with Gasteiger partial charge in [-0.1, -0.05) is 17.3 Å². The first kappa shape index (κ1) is 23.6. The van der Waals surface area contributed by atoms with Crippen LogP contribution in [0.2, 0.25) is 0 Å². The van der Waals surface area contributed by atoms with Gasteiger partial charge in [-0.25, -0.2) is 9.80 Å². The van der Waals surface area contributed by atoms with E-state index in [0.717, 1.165) is 5.56 Å². The van der Waals surface area contributed by atoms with Crippen molar-refractivity contribution in [1.82, 2.24) is 10.2 Å². The van der Waals surface area contributed by atoms with Crippen molar-refractivity contribution in [2.24, 2.45) is 5.10 Å². The van der Waals surface area contributed by atoms with Crippen LogP contribution in [-0.2, 0) is 4.74 Å². The second kappa shape index (κ2) is 9.37. The number of nitro groups is 1. The Bertz CT molecular complexity index is 1260. The third-order valence-electron chi connectivity index (χ3n) is 5.09. The molecule has 1 unspecified atom stereocenters. The molecule has 3 aromatic rings. The van der Waals surface area contributed by atoms with E-state index in [9.17, 15) is 19.7 Å². The van der Waals surface area contributed by atoms with Crippen molar-refractivity contribution in [3.8, 4) is 0 Å². The number of carbonyl (C=O) groups is 2. The number of amides is 2. The molecule has 2 amide bonds. The lowest BCUT2D eigenvalue weighted by Gasteiger charge is -2.19. The predicted molar refractivity (Wildman–Crippen MR) is 126 cm³/mol. The lowest BCUT2D eigenvalue weighted by molar-refractivity contribution is -0.384. The number of hydrogen-bond acceptors (Lipinski definition) is 8. The van der Waals surface area contributed by atoms with E-state index >= 15 is 0 Å². The molecular formula is C24H23N5O6. The fourth-order valence-corrected chi connectivity index (χ4v) is 3.52. The van der Waals surface area contributed by atoms with Crippen LogP contribution in [0.15, 0.2) is 70.4 Å². The van der Waals surface area contributed by atoms with Gasteiger partial charge in [-0.05, 0) is 50.6 Å². The monoisotopic (exact) mass is 477 g/mol. The molecule has 180 valence electrons. The summed E-state index contributed by atoms with van der Waals surface area (Å²) in [7, 11) is 0. The maximum atomic E-state index is 13.2. The first-order valence-electron chi connectivity index (χ1n) is 10.8. The summed E-state index contributed by atoms with van der Waals surface area (Å²) in [5.74, 6) is 0.0294. The zero-order valence-electron chi connectivity index (χ0n) is 19.3. The van der Waals surface area contributed by atoms with E-state index in [2.05, 4.69) is 15.6 Å². The van der Waals surface area contributed by atoms with Gasteiger partial charge in [0.15, 0.2) is 5.76 Å². The van der Waals surface area contributed by atoms with Crippen molar-refractivity contribution in [3.63, 3.8) is 0 Å². The van der Waals surface area contributed by atoms with E-state index in [-0.39, 0.29) is 11.3 Å². The molecule has 4 rings (SSSR count). The van der Waals surface area contributed by atoms with Crippen LogP contribution in [0.25, 0.3) is 0 Å². The summed E-state index contributed by atoms with van der Waals surface area (Å²) in [6, 6.07) is 13.4. The molecule has 0 saturated carbocycles. The Morgan fingerprint density at radius 3 is 2.37 bits per heavy atom. The summed E-state index contributed by atoms with van der Waals surface area (Å²) in [6.45, 7) is 5.34. The second-order valence-corrected chi connectivity index (χ2v) is 8.84. The molecule has 2 heterocycles. The zero-order chi connectivity index (χ0) is 25.2. The Hall–Kier alpha value is -4.54. The number of benzene rings is 2. The third kappa shape index (κ3) is 5.52. The highest BCUT2D eigenvalue weighted by molar-refractivity contribution is 6.05. The summed E-state index contributed by atoms with van der Waals surface area (Å²) in [5.41, 5.74) is 1.46. The zero-order valence-corrected chi connectivity index (χ0v) is 19.3. The summed E-state index contributed by atoms with van der Waals surface area (Å²) in [4.78, 5) is 35.6. The van der Waals surface area contributed by atoms with E-state index in [1.807, 2.05) is 0 Å². The smallest absolute Gasteiger partial charge is 0.412 e. The lowest BCUT2D eigenvalue weighted by atomic mass is 10.0. The molecule has 1 N–H and O–H groups in total. The topological polar surface area (TPSA) is 140 Å². The van der Waals surface area contributed by atoms with Crippen LogP contribution in [0.4, 0.5) is 16.2 Å². The second-order valence-electron chi connectivity index (χ2n) is 8.84.